The first-order valence-corrected chi connectivity index (χ1v) is 6.20. The smallest absolute Gasteiger partial charge is 0.137 e. The Morgan fingerprint density at radius 3 is 3.07 bits per heavy atom. The Hall–Kier alpha value is -0.800. The number of thioether (sulfide) groups is 1. The van der Waals surface area contributed by atoms with Gasteiger partial charge in [0, 0.05) is 16.7 Å². The van der Waals surface area contributed by atoms with Gasteiger partial charge in [-0.25, -0.2) is 0 Å². The molecule has 0 saturated carbocycles. The number of Topliss-reactive ketones (excluding diaryl/α,β-unsaturated/α-hetero) is 1. The maximum Gasteiger partial charge on any atom is 0.137 e. The van der Waals surface area contributed by atoms with Crippen molar-refractivity contribution in [3.63, 3.8) is 0 Å². The van der Waals surface area contributed by atoms with Crippen molar-refractivity contribution in [1.29, 1.82) is 0 Å². The monoisotopic (exact) mass is 221 g/mol. The molecule has 1 aromatic carbocycles. The summed E-state index contributed by atoms with van der Waals surface area (Å²) in [6.45, 7) is 2.61. The summed E-state index contributed by atoms with van der Waals surface area (Å²) < 4.78 is 0. The molecule has 1 atom stereocenters. The van der Waals surface area contributed by atoms with Crippen molar-refractivity contribution in [3.8, 4) is 0 Å². The average Bonchev–Trinajstić information content (AvgIpc) is 2.18. The van der Waals surface area contributed by atoms with Crippen LogP contribution in [0.2, 0.25) is 0 Å². The van der Waals surface area contributed by atoms with Crippen molar-refractivity contribution >= 4 is 17.5 Å². The fourth-order valence-corrected chi connectivity index (χ4v) is 2.88. The number of carbonyl (C=O) groups is 1. The maximum atomic E-state index is 11.6. The summed E-state index contributed by atoms with van der Waals surface area (Å²) >= 11 is 1.78. The normalized spacial score (nSPS) is 21.3. The molecule has 1 heterocycles. The first kappa shape index (κ1) is 10.7. The van der Waals surface area contributed by atoms with Gasteiger partial charge >= 0.3 is 0 Å². The summed E-state index contributed by atoms with van der Waals surface area (Å²) in [5.74, 6) is 1.27. The van der Waals surface area contributed by atoms with Gasteiger partial charge in [0.25, 0.3) is 0 Å². The SMILES string of the molecule is CC(=O)C1CCNCSc2ccccc21. The van der Waals surface area contributed by atoms with E-state index in [1.165, 1.54) is 10.5 Å². The van der Waals surface area contributed by atoms with Crippen LogP contribution in [0, 0.1) is 0 Å². The predicted molar refractivity (Wildman–Crippen MR) is 63.2 cm³/mol. The zero-order valence-electron chi connectivity index (χ0n) is 8.82. The number of carbonyl (C=O) groups excluding carboxylic acids is 1. The Morgan fingerprint density at radius 1 is 1.47 bits per heavy atom. The van der Waals surface area contributed by atoms with Crippen molar-refractivity contribution in [3.05, 3.63) is 29.8 Å². The quantitative estimate of drug-likeness (QED) is 0.789. The summed E-state index contributed by atoms with van der Waals surface area (Å²) in [4.78, 5) is 12.8. The molecular weight excluding hydrogens is 206 g/mol. The van der Waals surface area contributed by atoms with Crippen molar-refractivity contribution < 1.29 is 4.79 Å². The van der Waals surface area contributed by atoms with Crippen molar-refractivity contribution in [2.75, 3.05) is 12.4 Å². The van der Waals surface area contributed by atoms with Gasteiger partial charge in [0.15, 0.2) is 0 Å². The fraction of sp³-hybridized carbons (Fsp3) is 0.417. The Labute approximate surface area is 94.4 Å². The number of ketones is 1. The highest BCUT2D eigenvalue weighted by atomic mass is 32.2. The van der Waals surface area contributed by atoms with Gasteiger partial charge in [-0.1, -0.05) is 18.2 Å². The Bertz CT molecular complexity index is 364. The first-order valence-electron chi connectivity index (χ1n) is 5.22. The molecule has 0 aliphatic carbocycles. The van der Waals surface area contributed by atoms with E-state index in [1.54, 1.807) is 18.7 Å². The van der Waals surface area contributed by atoms with Crippen molar-refractivity contribution in [2.45, 2.75) is 24.2 Å². The van der Waals surface area contributed by atoms with Crippen LogP contribution in [-0.2, 0) is 4.79 Å². The maximum absolute atomic E-state index is 11.6. The number of hydrogen-bond acceptors (Lipinski definition) is 3. The molecule has 1 aliphatic rings. The highest BCUT2D eigenvalue weighted by molar-refractivity contribution is 7.99. The minimum Gasteiger partial charge on any atom is -0.308 e. The number of fused-ring (bicyclic) bond motifs is 1. The van der Waals surface area contributed by atoms with Gasteiger partial charge < -0.3 is 5.32 Å². The van der Waals surface area contributed by atoms with E-state index in [9.17, 15) is 4.79 Å². The molecule has 0 bridgehead atoms. The molecule has 1 aliphatic heterocycles. The number of benzene rings is 1. The molecule has 2 rings (SSSR count). The van der Waals surface area contributed by atoms with Crippen LogP contribution in [0.4, 0.5) is 0 Å². The van der Waals surface area contributed by atoms with Crippen LogP contribution >= 0.6 is 11.8 Å². The molecule has 0 amide bonds. The Kier molecular flexibility index (Phi) is 3.44. The largest absolute Gasteiger partial charge is 0.308 e. The lowest BCUT2D eigenvalue weighted by Gasteiger charge is -2.21. The lowest BCUT2D eigenvalue weighted by atomic mass is 9.92. The highest BCUT2D eigenvalue weighted by Gasteiger charge is 2.20. The highest BCUT2D eigenvalue weighted by Crippen LogP contribution is 2.31. The molecule has 0 radical (unpaired) electrons. The van der Waals surface area contributed by atoms with E-state index in [4.69, 9.17) is 0 Å². The third kappa shape index (κ3) is 2.41. The minimum atomic E-state index is 0.0708. The van der Waals surface area contributed by atoms with Gasteiger partial charge in [0.1, 0.15) is 5.78 Å². The zero-order chi connectivity index (χ0) is 10.7. The van der Waals surface area contributed by atoms with Crippen LogP contribution in [-0.4, -0.2) is 18.2 Å². The molecule has 1 N–H and O–H groups in total. The van der Waals surface area contributed by atoms with E-state index in [2.05, 4.69) is 17.4 Å². The fourth-order valence-electron chi connectivity index (χ4n) is 1.92. The van der Waals surface area contributed by atoms with Crippen LogP contribution in [0.25, 0.3) is 0 Å². The molecule has 1 unspecified atom stereocenters. The van der Waals surface area contributed by atoms with Crippen LogP contribution in [0.1, 0.15) is 24.8 Å². The minimum absolute atomic E-state index is 0.0708. The van der Waals surface area contributed by atoms with Gasteiger partial charge in [-0.05, 0) is 31.5 Å². The summed E-state index contributed by atoms with van der Waals surface area (Å²) in [6, 6.07) is 8.23. The standard InChI is InChI=1S/C12H15NOS/c1-9(14)10-6-7-13-8-15-12-5-3-2-4-11(10)12/h2-5,10,13H,6-8H2,1H3. The van der Waals surface area contributed by atoms with Gasteiger partial charge in [0.05, 0.1) is 0 Å². The molecular formula is C12H15NOS. The molecule has 1 aromatic rings. The molecule has 15 heavy (non-hydrogen) atoms. The van der Waals surface area contributed by atoms with E-state index < -0.39 is 0 Å². The van der Waals surface area contributed by atoms with Gasteiger partial charge in [-0.2, -0.15) is 0 Å². The van der Waals surface area contributed by atoms with Crippen LogP contribution < -0.4 is 5.32 Å². The Morgan fingerprint density at radius 2 is 2.27 bits per heavy atom. The molecule has 0 aromatic heterocycles. The third-order valence-electron chi connectivity index (χ3n) is 2.72. The molecule has 80 valence electrons. The van der Waals surface area contributed by atoms with Crippen molar-refractivity contribution in [1.82, 2.24) is 5.32 Å². The number of nitrogens with one attached hydrogen (secondary N) is 1. The van der Waals surface area contributed by atoms with E-state index in [0.29, 0.717) is 0 Å². The molecule has 2 nitrogen and oxygen atoms in total. The second-order valence-corrected chi connectivity index (χ2v) is 4.80. The third-order valence-corrected chi connectivity index (χ3v) is 3.76. The van der Waals surface area contributed by atoms with Crippen LogP contribution in [0.5, 0.6) is 0 Å². The van der Waals surface area contributed by atoms with E-state index in [1.807, 2.05) is 12.1 Å². The molecule has 0 spiro atoms. The topological polar surface area (TPSA) is 29.1 Å². The average molecular weight is 221 g/mol. The van der Waals surface area contributed by atoms with Gasteiger partial charge in [0.2, 0.25) is 0 Å². The summed E-state index contributed by atoms with van der Waals surface area (Å²) in [5, 5.41) is 3.32. The second-order valence-electron chi connectivity index (χ2n) is 3.78. The second kappa shape index (κ2) is 4.81. The van der Waals surface area contributed by atoms with E-state index in [-0.39, 0.29) is 11.7 Å². The summed E-state index contributed by atoms with van der Waals surface area (Å²) in [7, 11) is 0. The molecule has 0 fully saturated rings. The number of rotatable bonds is 1. The van der Waals surface area contributed by atoms with E-state index in [0.717, 1.165) is 18.8 Å². The van der Waals surface area contributed by atoms with Crippen molar-refractivity contribution in [2.24, 2.45) is 0 Å². The van der Waals surface area contributed by atoms with Gasteiger partial charge in [-0.15, -0.1) is 11.8 Å². The predicted octanol–water partition coefficient (Wildman–Crippen LogP) is 2.40. The molecule has 3 heteroatoms. The van der Waals surface area contributed by atoms with E-state index >= 15 is 0 Å². The van der Waals surface area contributed by atoms with Crippen LogP contribution in [0.3, 0.4) is 0 Å². The van der Waals surface area contributed by atoms with Crippen LogP contribution in [0.15, 0.2) is 29.2 Å². The molecule has 0 saturated heterocycles. The van der Waals surface area contributed by atoms with Gasteiger partial charge in [-0.3, -0.25) is 4.79 Å². The summed E-state index contributed by atoms with van der Waals surface area (Å²) in [6.07, 6.45) is 0.910. The zero-order valence-corrected chi connectivity index (χ0v) is 9.64. The first-order chi connectivity index (χ1) is 7.29. The Balaban J connectivity index is 2.38. The lowest BCUT2D eigenvalue weighted by molar-refractivity contribution is -0.118. The lowest BCUT2D eigenvalue weighted by Crippen LogP contribution is -2.22. The number of hydrogen-bond donors (Lipinski definition) is 1. The summed E-state index contributed by atoms with van der Waals surface area (Å²) in [5.41, 5.74) is 1.21.